The number of carbonyl (C=O) groups is 1. The molecule has 0 spiro atoms. The van der Waals surface area contributed by atoms with Crippen molar-refractivity contribution in [2.75, 3.05) is 35.5 Å². The number of likely N-dealkylation sites (N-methyl/N-ethyl adjacent to an activating group) is 1. The van der Waals surface area contributed by atoms with Gasteiger partial charge in [-0.25, -0.2) is 8.42 Å². The summed E-state index contributed by atoms with van der Waals surface area (Å²) in [7, 11) is -3.48. The Labute approximate surface area is 165 Å². The fraction of sp³-hybridized carbons (Fsp3) is 0.316. The van der Waals surface area contributed by atoms with Crippen molar-refractivity contribution in [3.05, 3.63) is 58.6 Å². The fourth-order valence-electron chi connectivity index (χ4n) is 2.72. The predicted molar refractivity (Wildman–Crippen MR) is 111 cm³/mol. The summed E-state index contributed by atoms with van der Waals surface area (Å²) >= 11 is 5.99. The van der Waals surface area contributed by atoms with Crippen molar-refractivity contribution in [3.63, 3.8) is 0 Å². The van der Waals surface area contributed by atoms with Gasteiger partial charge < -0.3 is 10.2 Å². The molecule has 0 aromatic heterocycles. The number of hydrogen-bond acceptors (Lipinski definition) is 4. The number of halogens is 1. The Bertz CT molecular complexity index is 916. The van der Waals surface area contributed by atoms with E-state index in [1.807, 2.05) is 12.1 Å². The Morgan fingerprint density at radius 1 is 1.19 bits per heavy atom. The van der Waals surface area contributed by atoms with E-state index in [4.69, 9.17) is 11.6 Å². The number of benzene rings is 2. The highest BCUT2D eigenvalue weighted by Gasteiger charge is 2.12. The molecule has 2 N–H and O–H groups in total. The van der Waals surface area contributed by atoms with E-state index in [2.05, 4.69) is 40.9 Å². The smallest absolute Gasteiger partial charge is 0.251 e. The molecule has 0 atom stereocenters. The van der Waals surface area contributed by atoms with Crippen LogP contribution in [0.4, 0.5) is 11.4 Å². The summed E-state index contributed by atoms with van der Waals surface area (Å²) in [6.07, 6.45) is 1.03. The van der Waals surface area contributed by atoms with Crippen LogP contribution >= 0.6 is 11.6 Å². The van der Waals surface area contributed by atoms with Crippen LogP contribution in [0.1, 0.15) is 22.8 Å². The summed E-state index contributed by atoms with van der Waals surface area (Å²) in [5.74, 6) is -0.288. The van der Waals surface area contributed by atoms with Gasteiger partial charge in [0.15, 0.2) is 0 Å². The highest BCUT2D eigenvalue weighted by atomic mass is 35.5. The van der Waals surface area contributed by atoms with E-state index in [9.17, 15) is 13.2 Å². The third-order valence-corrected chi connectivity index (χ3v) is 4.95. The summed E-state index contributed by atoms with van der Waals surface area (Å²) in [5, 5.41) is 3.09. The molecule has 8 heteroatoms. The van der Waals surface area contributed by atoms with Gasteiger partial charge in [-0.05, 0) is 43.7 Å². The summed E-state index contributed by atoms with van der Waals surface area (Å²) in [6, 6.07) is 12.6. The molecule has 0 unspecified atom stereocenters. The van der Waals surface area contributed by atoms with Crippen LogP contribution in [0.3, 0.4) is 0 Å². The average Bonchev–Trinajstić information content (AvgIpc) is 2.60. The van der Waals surface area contributed by atoms with Crippen LogP contribution in [0.5, 0.6) is 0 Å². The number of amides is 1. The molecule has 146 valence electrons. The molecule has 2 aromatic rings. The highest BCUT2D eigenvalue weighted by molar-refractivity contribution is 7.92. The fourth-order valence-corrected chi connectivity index (χ4v) is 3.51. The number of nitrogens with zero attached hydrogens (tertiary/aromatic N) is 1. The van der Waals surface area contributed by atoms with Gasteiger partial charge in [0.05, 0.1) is 17.0 Å². The largest absolute Gasteiger partial charge is 0.370 e. The number of sulfonamides is 1. The molecular weight excluding hydrogens is 386 g/mol. The minimum absolute atomic E-state index is 0.182. The van der Waals surface area contributed by atoms with Gasteiger partial charge in [0.25, 0.3) is 5.91 Å². The maximum Gasteiger partial charge on any atom is 0.251 e. The number of aryl methyl sites for hydroxylation is 1. The first kappa shape index (κ1) is 21.1. The van der Waals surface area contributed by atoms with E-state index in [1.54, 1.807) is 6.07 Å². The first-order valence-electron chi connectivity index (χ1n) is 8.57. The average molecular weight is 410 g/mol. The van der Waals surface area contributed by atoms with Gasteiger partial charge in [0, 0.05) is 30.9 Å². The molecule has 0 bridgehead atoms. The topological polar surface area (TPSA) is 78.5 Å². The van der Waals surface area contributed by atoms with Gasteiger partial charge in [-0.1, -0.05) is 29.8 Å². The zero-order valence-corrected chi connectivity index (χ0v) is 17.2. The number of carbonyl (C=O) groups excluding carboxylic acids is 1. The molecule has 2 aromatic carbocycles. The van der Waals surface area contributed by atoms with Crippen molar-refractivity contribution in [3.8, 4) is 0 Å². The van der Waals surface area contributed by atoms with Crippen LogP contribution in [0.15, 0.2) is 42.5 Å². The minimum Gasteiger partial charge on any atom is -0.370 e. The molecule has 0 aliphatic rings. The Morgan fingerprint density at radius 3 is 2.52 bits per heavy atom. The molecule has 6 nitrogen and oxygen atoms in total. The Kier molecular flexibility index (Phi) is 7.10. The minimum atomic E-state index is -3.48. The normalized spacial score (nSPS) is 11.1. The zero-order valence-electron chi connectivity index (χ0n) is 15.6. The summed E-state index contributed by atoms with van der Waals surface area (Å²) in [6.45, 7) is 6.06. The van der Waals surface area contributed by atoms with E-state index in [0.29, 0.717) is 18.7 Å². The first-order valence-corrected chi connectivity index (χ1v) is 10.8. The monoisotopic (exact) mass is 409 g/mol. The second-order valence-corrected chi connectivity index (χ2v) is 8.35. The first-order chi connectivity index (χ1) is 12.7. The van der Waals surface area contributed by atoms with Gasteiger partial charge in [0.2, 0.25) is 10.0 Å². The summed E-state index contributed by atoms with van der Waals surface area (Å²) < 4.78 is 25.1. The lowest BCUT2D eigenvalue weighted by Crippen LogP contribution is -2.35. The van der Waals surface area contributed by atoms with Crippen molar-refractivity contribution >= 4 is 38.9 Å². The lowest BCUT2D eigenvalue weighted by atomic mass is 10.1. The van der Waals surface area contributed by atoms with E-state index in [-0.39, 0.29) is 16.6 Å². The molecule has 2 rings (SSSR count). The number of rotatable bonds is 8. The third kappa shape index (κ3) is 6.15. The number of nitrogens with one attached hydrogen (secondary N) is 2. The van der Waals surface area contributed by atoms with Crippen molar-refractivity contribution < 1.29 is 13.2 Å². The van der Waals surface area contributed by atoms with Crippen LogP contribution in [0.2, 0.25) is 5.02 Å². The lowest BCUT2D eigenvalue weighted by molar-refractivity contribution is 0.0954. The number of para-hydroxylation sites is 1. The van der Waals surface area contributed by atoms with Crippen molar-refractivity contribution in [1.82, 2.24) is 5.32 Å². The molecule has 27 heavy (non-hydrogen) atoms. The van der Waals surface area contributed by atoms with E-state index in [0.717, 1.165) is 18.5 Å². The molecule has 0 radical (unpaired) electrons. The highest BCUT2D eigenvalue weighted by Crippen LogP contribution is 2.24. The number of anilines is 2. The molecule has 0 aliphatic carbocycles. The molecule has 0 fully saturated rings. The quantitative estimate of drug-likeness (QED) is 0.701. The second-order valence-electron chi connectivity index (χ2n) is 6.19. The molecule has 0 saturated heterocycles. The van der Waals surface area contributed by atoms with Crippen LogP contribution in [0, 0.1) is 6.92 Å². The van der Waals surface area contributed by atoms with Crippen LogP contribution < -0.4 is 14.9 Å². The van der Waals surface area contributed by atoms with Gasteiger partial charge in [-0.15, -0.1) is 0 Å². The SMILES string of the molecule is CCN(CCNC(=O)c1ccc(Cl)c(NS(C)(=O)=O)c1)c1ccccc1C. The summed E-state index contributed by atoms with van der Waals surface area (Å²) in [4.78, 5) is 14.6. The van der Waals surface area contributed by atoms with Gasteiger partial charge in [0.1, 0.15) is 0 Å². The molecule has 0 saturated carbocycles. The standard InChI is InChI=1S/C19H24ClN3O3S/c1-4-23(18-8-6-5-7-14(18)2)12-11-21-19(24)15-9-10-16(20)17(13-15)22-27(3,25)26/h5-10,13,22H,4,11-12H2,1-3H3,(H,21,24). The zero-order chi connectivity index (χ0) is 20.0. The predicted octanol–water partition coefficient (Wildman–Crippen LogP) is 3.28. The van der Waals surface area contributed by atoms with Crippen molar-refractivity contribution in [1.29, 1.82) is 0 Å². The van der Waals surface area contributed by atoms with Gasteiger partial charge in [-0.3, -0.25) is 9.52 Å². The maximum absolute atomic E-state index is 12.4. The third-order valence-electron chi connectivity index (χ3n) is 4.03. The van der Waals surface area contributed by atoms with Gasteiger partial charge in [-0.2, -0.15) is 0 Å². The van der Waals surface area contributed by atoms with E-state index >= 15 is 0 Å². The van der Waals surface area contributed by atoms with Crippen LogP contribution in [-0.4, -0.2) is 40.2 Å². The number of hydrogen-bond donors (Lipinski definition) is 2. The molecule has 0 heterocycles. The Balaban J connectivity index is 2.01. The lowest BCUT2D eigenvalue weighted by Gasteiger charge is -2.25. The molecular formula is C19H24ClN3O3S. The van der Waals surface area contributed by atoms with E-state index in [1.165, 1.54) is 17.7 Å². The Hall–Kier alpha value is -2.25. The van der Waals surface area contributed by atoms with Gasteiger partial charge >= 0.3 is 0 Å². The van der Waals surface area contributed by atoms with E-state index < -0.39 is 10.0 Å². The van der Waals surface area contributed by atoms with Crippen molar-refractivity contribution in [2.45, 2.75) is 13.8 Å². The second kappa shape index (κ2) is 9.10. The van der Waals surface area contributed by atoms with Crippen LogP contribution in [-0.2, 0) is 10.0 Å². The maximum atomic E-state index is 12.4. The summed E-state index contributed by atoms with van der Waals surface area (Å²) in [5.41, 5.74) is 2.84. The van der Waals surface area contributed by atoms with Crippen LogP contribution in [0.25, 0.3) is 0 Å². The van der Waals surface area contributed by atoms with Crippen molar-refractivity contribution in [2.24, 2.45) is 0 Å². The molecule has 0 aliphatic heterocycles. The molecule has 1 amide bonds. The Morgan fingerprint density at radius 2 is 1.89 bits per heavy atom.